The average molecular weight is 180 g/mol. The van der Waals surface area contributed by atoms with E-state index in [4.69, 9.17) is 0 Å². The largest absolute Gasteiger partial charge is 0.0625 e. The lowest BCUT2D eigenvalue weighted by Gasteiger charge is -2.47. The van der Waals surface area contributed by atoms with Crippen molar-refractivity contribution in [2.75, 3.05) is 0 Å². The first kappa shape index (κ1) is 9.55. The summed E-state index contributed by atoms with van der Waals surface area (Å²) in [4.78, 5) is 0. The summed E-state index contributed by atoms with van der Waals surface area (Å²) < 4.78 is 0. The molecule has 76 valence electrons. The molecule has 2 aliphatic rings. The summed E-state index contributed by atoms with van der Waals surface area (Å²) >= 11 is 0. The fraction of sp³-hybridized carbons (Fsp3) is 1.00. The van der Waals surface area contributed by atoms with Gasteiger partial charge in [0.15, 0.2) is 0 Å². The van der Waals surface area contributed by atoms with E-state index in [0.29, 0.717) is 10.8 Å². The monoisotopic (exact) mass is 180 g/mol. The first-order chi connectivity index (χ1) is 5.94. The molecular formula is C13H24. The number of fused-ring (bicyclic) bond motifs is 1. The smallest absolute Gasteiger partial charge is 0.0290 e. The van der Waals surface area contributed by atoms with Crippen LogP contribution < -0.4 is 0 Å². The van der Waals surface area contributed by atoms with Crippen molar-refractivity contribution in [2.24, 2.45) is 22.7 Å². The minimum absolute atomic E-state index is 0.623. The molecular weight excluding hydrogens is 156 g/mol. The Labute approximate surface area is 83.1 Å². The first-order valence-corrected chi connectivity index (χ1v) is 5.94. The molecule has 2 aliphatic carbocycles. The van der Waals surface area contributed by atoms with E-state index < -0.39 is 0 Å². The van der Waals surface area contributed by atoms with Gasteiger partial charge in [0.1, 0.15) is 0 Å². The number of hydrogen-bond donors (Lipinski definition) is 0. The minimum Gasteiger partial charge on any atom is -0.0625 e. The molecule has 0 heterocycles. The van der Waals surface area contributed by atoms with E-state index >= 15 is 0 Å². The first-order valence-electron chi connectivity index (χ1n) is 5.94. The van der Waals surface area contributed by atoms with Crippen LogP contribution in [0.5, 0.6) is 0 Å². The van der Waals surface area contributed by atoms with Crippen molar-refractivity contribution < 1.29 is 0 Å². The molecule has 3 atom stereocenters. The van der Waals surface area contributed by atoms with Gasteiger partial charge in [0.2, 0.25) is 0 Å². The summed E-state index contributed by atoms with van der Waals surface area (Å²) in [5, 5.41) is 0. The zero-order valence-corrected chi connectivity index (χ0v) is 9.69. The number of rotatable bonds is 0. The van der Waals surface area contributed by atoms with Crippen molar-refractivity contribution in [3.05, 3.63) is 0 Å². The second-order valence-corrected chi connectivity index (χ2v) is 6.59. The van der Waals surface area contributed by atoms with Crippen LogP contribution in [0.2, 0.25) is 0 Å². The lowest BCUT2D eigenvalue weighted by molar-refractivity contribution is 0.0286. The molecule has 0 bridgehead atoms. The van der Waals surface area contributed by atoms with Gasteiger partial charge in [-0.1, -0.05) is 34.1 Å². The zero-order valence-electron chi connectivity index (χ0n) is 9.69. The van der Waals surface area contributed by atoms with Crippen LogP contribution in [-0.4, -0.2) is 0 Å². The summed E-state index contributed by atoms with van der Waals surface area (Å²) in [5.41, 5.74) is 1.32. The summed E-state index contributed by atoms with van der Waals surface area (Å²) in [6.45, 7) is 9.97. The van der Waals surface area contributed by atoms with Gasteiger partial charge in [-0.15, -0.1) is 0 Å². The van der Waals surface area contributed by atoms with Crippen molar-refractivity contribution in [2.45, 2.75) is 59.8 Å². The lowest BCUT2D eigenvalue weighted by atomic mass is 9.58. The second kappa shape index (κ2) is 2.74. The molecule has 0 spiro atoms. The fourth-order valence-corrected chi connectivity index (χ4v) is 4.37. The van der Waals surface area contributed by atoms with E-state index in [1.165, 1.54) is 32.1 Å². The van der Waals surface area contributed by atoms with Crippen LogP contribution in [0, 0.1) is 22.7 Å². The molecule has 0 amide bonds. The van der Waals surface area contributed by atoms with Crippen LogP contribution in [0.15, 0.2) is 0 Å². The molecule has 0 radical (unpaired) electrons. The molecule has 0 N–H and O–H groups in total. The minimum atomic E-state index is 0.623. The molecule has 0 heteroatoms. The quantitative estimate of drug-likeness (QED) is 0.523. The van der Waals surface area contributed by atoms with E-state index in [1.807, 2.05) is 0 Å². The lowest BCUT2D eigenvalue weighted by Crippen LogP contribution is -2.38. The molecule has 2 rings (SSSR count). The summed E-state index contributed by atoms with van der Waals surface area (Å²) in [5.74, 6) is 1.98. The van der Waals surface area contributed by atoms with Gasteiger partial charge in [-0.05, 0) is 48.3 Å². The van der Waals surface area contributed by atoms with Crippen LogP contribution in [0.3, 0.4) is 0 Å². The van der Waals surface area contributed by atoms with Crippen LogP contribution in [0.1, 0.15) is 59.8 Å². The second-order valence-electron chi connectivity index (χ2n) is 6.59. The highest BCUT2D eigenvalue weighted by atomic mass is 14.6. The number of hydrogen-bond acceptors (Lipinski definition) is 0. The maximum atomic E-state index is 2.54. The molecule has 0 aromatic carbocycles. The molecule has 1 unspecified atom stereocenters. The highest BCUT2D eigenvalue weighted by Gasteiger charge is 2.50. The molecule has 0 aliphatic heterocycles. The molecule has 0 saturated heterocycles. The zero-order chi connectivity index (χ0) is 9.69. The van der Waals surface area contributed by atoms with Gasteiger partial charge in [0.05, 0.1) is 0 Å². The summed E-state index contributed by atoms with van der Waals surface area (Å²) in [6.07, 6.45) is 7.39. The van der Waals surface area contributed by atoms with E-state index in [-0.39, 0.29) is 0 Å². The summed E-state index contributed by atoms with van der Waals surface area (Å²) in [6, 6.07) is 0. The molecule has 2 fully saturated rings. The van der Waals surface area contributed by atoms with Gasteiger partial charge in [-0.25, -0.2) is 0 Å². The van der Waals surface area contributed by atoms with E-state index in [2.05, 4.69) is 27.7 Å². The third-order valence-corrected chi connectivity index (χ3v) is 4.81. The SMILES string of the molecule is CC1C[C@H]2C(C)(C)CCC[C@@]2(C)C1. The average Bonchev–Trinajstić information content (AvgIpc) is 2.25. The van der Waals surface area contributed by atoms with Gasteiger partial charge in [-0.2, -0.15) is 0 Å². The Hall–Kier alpha value is 0. The standard InChI is InChI=1S/C13H24/c1-10-8-11-12(2,3)6-5-7-13(11,4)9-10/h10-11H,5-9H2,1-4H3/t10?,11-,13-/m0/s1. The normalized spacial score (nSPS) is 48.9. The van der Waals surface area contributed by atoms with E-state index in [0.717, 1.165) is 11.8 Å². The van der Waals surface area contributed by atoms with Crippen LogP contribution in [0.4, 0.5) is 0 Å². The van der Waals surface area contributed by atoms with Gasteiger partial charge < -0.3 is 0 Å². The van der Waals surface area contributed by atoms with Crippen molar-refractivity contribution in [1.29, 1.82) is 0 Å². The van der Waals surface area contributed by atoms with Gasteiger partial charge >= 0.3 is 0 Å². The van der Waals surface area contributed by atoms with Crippen molar-refractivity contribution in [3.63, 3.8) is 0 Å². The predicted octanol–water partition coefficient (Wildman–Crippen LogP) is 4.25. The molecule has 0 aromatic rings. The molecule has 2 saturated carbocycles. The Morgan fingerprint density at radius 3 is 2.38 bits per heavy atom. The van der Waals surface area contributed by atoms with Crippen LogP contribution in [0.25, 0.3) is 0 Å². The third kappa shape index (κ3) is 1.43. The van der Waals surface area contributed by atoms with Gasteiger partial charge in [0.25, 0.3) is 0 Å². The Morgan fingerprint density at radius 2 is 1.77 bits per heavy atom. The molecule has 13 heavy (non-hydrogen) atoms. The molecule has 0 aromatic heterocycles. The van der Waals surface area contributed by atoms with E-state index in [9.17, 15) is 0 Å². The van der Waals surface area contributed by atoms with Crippen LogP contribution >= 0.6 is 0 Å². The Morgan fingerprint density at radius 1 is 1.08 bits per heavy atom. The van der Waals surface area contributed by atoms with E-state index in [1.54, 1.807) is 0 Å². The fourth-order valence-electron chi connectivity index (χ4n) is 4.37. The highest BCUT2D eigenvalue weighted by molar-refractivity contribution is 5.00. The Kier molecular flexibility index (Phi) is 2.02. The maximum Gasteiger partial charge on any atom is -0.0290 e. The topological polar surface area (TPSA) is 0 Å². The van der Waals surface area contributed by atoms with Crippen molar-refractivity contribution in [1.82, 2.24) is 0 Å². The molecule has 0 nitrogen and oxygen atoms in total. The van der Waals surface area contributed by atoms with Gasteiger partial charge in [0, 0.05) is 0 Å². The van der Waals surface area contributed by atoms with Gasteiger partial charge in [-0.3, -0.25) is 0 Å². The van der Waals surface area contributed by atoms with Crippen LogP contribution in [-0.2, 0) is 0 Å². The van der Waals surface area contributed by atoms with Crippen molar-refractivity contribution in [3.8, 4) is 0 Å². The maximum absolute atomic E-state index is 2.54. The highest BCUT2D eigenvalue weighted by Crippen LogP contribution is 2.60. The third-order valence-electron chi connectivity index (χ3n) is 4.81. The Bertz CT molecular complexity index is 204. The summed E-state index contributed by atoms with van der Waals surface area (Å²) in [7, 11) is 0. The van der Waals surface area contributed by atoms with Crippen molar-refractivity contribution >= 4 is 0 Å². The predicted molar refractivity (Wildman–Crippen MR) is 57.6 cm³/mol. The Balaban J connectivity index is 2.25.